The van der Waals surface area contributed by atoms with Crippen LogP contribution >= 0.6 is 0 Å². The van der Waals surface area contributed by atoms with Crippen LogP contribution in [0.1, 0.15) is 13.3 Å². The molecule has 0 aliphatic carbocycles. The maximum Gasteiger partial charge on any atom is 0.209 e. The number of carbonyl (C=O) groups is 1. The predicted octanol–water partition coefficient (Wildman–Crippen LogP) is -0.227. The number of hydrogen-bond donors (Lipinski definition) is 1. The van der Waals surface area contributed by atoms with Crippen LogP contribution in [-0.2, 0) is 9.53 Å². The first-order valence-electron chi connectivity index (χ1n) is 6.30. The number of morpholine rings is 1. The Morgan fingerprint density at radius 3 is 2.29 bits per heavy atom. The molecule has 2 heterocycles. The van der Waals surface area contributed by atoms with Gasteiger partial charge in [-0.2, -0.15) is 0 Å². The Hall–Kier alpha value is -0.650. The topological polar surface area (TPSA) is 44.8 Å². The molecular weight excluding hydrogens is 218 g/mol. The van der Waals surface area contributed by atoms with Crippen molar-refractivity contribution in [1.82, 2.24) is 15.1 Å². The van der Waals surface area contributed by atoms with E-state index in [0.29, 0.717) is 13.2 Å². The number of carbonyl (C=O) groups excluding carboxylic acids is 1. The minimum atomic E-state index is 0.693. The normalized spacial score (nSPS) is 28.8. The maximum atomic E-state index is 10.0. The van der Waals surface area contributed by atoms with E-state index in [-0.39, 0.29) is 0 Å². The highest BCUT2D eigenvalue weighted by atomic mass is 16.5. The zero-order chi connectivity index (χ0) is 12.7. The van der Waals surface area contributed by atoms with Gasteiger partial charge < -0.3 is 19.9 Å². The standard InChI is InChI=1S/C7H16N2.C5H9NO2/c1-6-4-7(5-8-6)9(2)3;7-5-6-1-3-8-4-2-6/h6-8H,4-5H2,1-3H3;5H,1-4H2/t6-,7?;/m1./s1. The van der Waals surface area contributed by atoms with Crippen molar-refractivity contribution < 1.29 is 9.53 Å². The first-order chi connectivity index (χ1) is 8.13. The summed E-state index contributed by atoms with van der Waals surface area (Å²) in [6.45, 7) is 6.29. The van der Waals surface area contributed by atoms with Crippen LogP contribution in [0.5, 0.6) is 0 Å². The van der Waals surface area contributed by atoms with E-state index >= 15 is 0 Å². The molecule has 1 unspecified atom stereocenters. The number of hydrogen-bond acceptors (Lipinski definition) is 4. The van der Waals surface area contributed by atoms with Crippen molar-refractivity contribution in [2.24, 2.45) is 0 Å². The Morgan fingerprint density at radius 2 is 2.00 bits per heavy atom. The maximum absolute atomic E-state index is 10.0. The molecule has 0 aromatic heterocycles. The van der Waals surface area contributed by atoms with Crippen LogP contribution in [0.2, 0.25) is 0 Å². The lowest BCUT2D eigenvalue weighted by Gasteiger charge is -2.21. The summed E-state index contributed by atoms with van der Waals surface area (Å²) in [5, 5.41) is 3.41. The summed E-state index contributed by atoms with van der Waals surface area (Å²) in [4.78, 5) is 14.0. The molecule has 17 heavy (non-hydrogen) atoms. The van der Waals surface area contributed by atoms with Gasteiger partial charge in [-0.25, -0.2) is 0 Å². The number of amides is 1. The second-order valence-corrected chi connectivity index (χ2v) is 4.92. The molecule has 0 radical (unpaired) electrons. The second kappa shape index (κ2) is 7.63. The van der Waals surface area contributed by atoms with Crippen LogP contribution in [0.4, 0.5) is 0 Å². The van der Waals surface area contributed by atoms with E-state index in [1.165, 1.54) is 6.42 Å². The van der Waals surface area contributed by atoms with Crippen LogP contribution in [0, 0.1) is 0 Å². The molecule has 1 N–H and O–H groups in total. The molecule has 2 aliphatic rings. The third-order valence-corrected chi connectivity index (χ3v) is 3.25. The van der Waals surface area contributed by atoms with E-state index in [0.717, 1.165) is 38.1 Å². The third-order valence-electron chi connectivity index (χ3n) is 3.25. The molecule has 2 atom stereocenters. The third kappa shape index (κ3) is 5.48. The average molecular weight is 243 g/mol. The lowest BCUT2D eigenvalue weighted by molar-refractivity contribution is -0.121. The first kappa shape index (κ1) is 14.4. The highest BCUT2D eigenvalue weighted by Crippen LogP contribution is 2.09. The molecule has 1 amide bonds. The minimum Gasteiger partial charge on any atom is -0.378 e. The summed E-state index contributed by atoms with van der Waals surface area (Å²) < 4.78 is 5.00. The van der Waals surface area contributed by atoms with Crippen molar-refractivity contribution in [3.8, 4) is 0 Å². The lowest BCUT2D eigenvalue weighted by Crippen LogP contribution is -2.34. The SMILES string of the molecule is C[C@@H]1CC(N(C)C)CN1.O=CN1CCOCC1. The summed E-state index contributed by atoms with van der Waals surface area (Å²) in [6.07, 6.45) is 2.16. The van der Waals surface area contributed by atoms with Crippen LogP contribution in [0.15, 0.2) is 0 Å². The molecular formula is C12H25N3O2. The summed E-state index contributed by atoms with van der Waals surface area (Å²) >= 11 is 0. The molecule has 100 valence electrons. The van der Waals surface area contributed by atoms with Crippen LogP contribution in [0.3, 0.4) is 0 Å². The number of ether oxygens (including phenoxy) is 1. The molecule has 2 saturated heterocycles. The largest absolute Gasteiger partial charge is 0.378 e. The van der Waals surface area contributed by atoms with E-state index in [1.807, 2.05) is 0 Å². The molecule has 0 aromatic rings. The fraction of sp³-hybridized carbons (Fsp3) is 0.917. The summed E-state index contributed by atoms with van der Waals surface area (Å²) in [6, 6.07) is 1.48. The highest BCUT2D eigenvalue weighted by molar-refractivity contribution is 5.46. The molecule has 5 heteroatoms. The van der Waals surface area contributed by atoms with Gasteiger partial charge in [-0.1, -0.05) is 0 Å². The smallest absolute Gasteiger partial charge is 0.209 e. The first-order valence-corrected chi connectivity index (χ1v) is 6.30. The second-order valence-electron chi connectivity index (χ2n) is 4.92. The van der Waals surface area contributed by atoms with Gasteiger partial charge in [-0.15, -0.1) is 0 Å². The van der Waals surface area contributed by atoms with Crippen LogP contribution in [0.25, 0.3) is 0 Å². The molecule has 0 bridgehead atoms. The molecule has 0 saturated carbocycles. The van der Waals surface area contributed by atoms with Crippen molar-refractivity contribution in [3.05, 3.63) is 0 Å². The summed E-state index contributed by atoms with van der Waals surface area (Å²) in [7, 11) is 4.29. The monoisotopic (exact) mass is 243 g/mol. The van der Waals surface area contributed by atoms with E-state index in [2.05, 4.69) is 31.2 Å². The van der Waals surface area contributed by atoms with E-state index in [9.17, 15) is 4.79 Å². The Morgan fingerprint density at radius 1 is 1.35 bits per heavy atom. The average Bonchev–Trinajstić information content (AvgIpc) is 2.78. The number of nitrogens with one attached hydrogen (secondary N) is 1. The predicted molar refractivity (Wildman–Crippen MR) is 68.0 cm³/mol. The van der Waals surface area contributed by atoms with Gasteiger partial charge in [0, 0.05) is 31.7 Å². The number of rotatable bonds is 2. The van der Waals surface area contributed by atoms with Gasteiger partial charge in [0.15, 0.2) is 0 Å². The minimum absolute atomic E-state index is 0.693. The van der Waals surface area contributed by atoms with Gasteiger partial charge in [0.2, 0.25) is 6.41 Å². The fourth-order valence-corrected chi connectivity index (χ4v) is 1.99. The molecule has 2 rings (SSSR count). The van der Waals surface area contributed by atoms with Crippen LogP contribution in [-0.4, -0.2) is 75.2 Å². The lowest BCUT2D eigenvalue weighted by atomic mass is 10.2. The molecule has 2 aliphatic heterocycles. The quantitative estimate of drug-likeness (QED) is 0.681. The van der Waals surface area contributed by atoms with Gasteiger partial charge in [0.25, 0.3) is 0 Å². The van der Waals surface area contributed by atoms with Crippen molar-refractivity contribution in [3.63, 3.8) is 0 Å². The Kier molecular flexibility index (Phi) is 6.47. The van der Waals surface area contributed by atoms with Crippen molar-refractivity contribution in [2.75, 3.05) is 46.9 Å². The van der Waals surface area contributed by atoms with Gasteiger partial charge in [-0.05, 0) is 27.4 Å². The molecule has 2 fully saturated rings. The molecule has 0 aromatic carbocycles. The highest BCUT2D eigenvalue weighted by Gasteiger charge is 2.21. The van der Waals surface area contributed by atoms with Crippen molar-refractivity contribution in [1.29, 1.82) is 0 Å². The molecule has 0 spiro atoms. The Bertz CT molecular complexity index is 218. The van der Waals surface area contributed by atoms with Crippen LogP contribution < -0.4 is 5.32 Å². The van der Waals surface area contributed by atoms with E-state index in [1.54, 1.807) is 4.90 Å². The Balaban J connectivity index is 0.000000171. The zero-order valence-corrected chi connectivity index (χ0v) is 11.2. The summed E-state index contributed by atoms with van der Waals surface area (Å²) in [5.74, 6) is 0. The van der Waals surface area contributed by atoms with Gasteiger partial charge in [-0.3, -0.25) is 4.79 Å². The van der Waals surface area contributed by atoms with E-state index < -0.39 is 0 Å². The molecule has 5 nitrogen and oxygen atoms in total. The fourth-order valence-electron chi connectivity index (χ4n) is 1.99. The number of likely N-dealkylation sites (N-methyl/N-ethyl adjacent to an activating group) is 1. The zero-order valence-electron chi connectivity index (χ0n) is 11.2. The Labute approximate surface area is 104 Å². The van der Waals surface area contributed by atoms with E-state index in [4.69, 9.17) is 4.74 Å². The van der Waals surface area contributed by atoms with Gasteiger partial charge >= 0.3 is 0 Å². The van der Waals surface area contributed by atoms with Crippen molar-refractivity contribution >= 4 is 6.41 Å². The van der Waals surface area contributed by atoms with Gasteiger partial charge in [0.1, 0.15) is 0 Å². The van der Waals surface area contributed by atoms with Crippen molar-refractivity contribution in [2.45, 2.75) is 25.4 Å². The van der Waals surface area contributed by atoms with Gasteiger partial charge in [0.05, 0.1) is 13.2 Å². The number of nitrogens with zero attached hydrogens (tertiary/aromatic N) is 2. The summed E-state index contributed by atoms with van der Waals surface area (Å²) in [5.41, 5.74) is 0.